The van der Waals surface area contributed by atoms with Gasteiger partial charge in [0.05, 0.1) is 66.0 Å². The number of ketones is 1. The number of carbonyl (C=O) groups excluding carboxylic acids is 3. The molecular formula is C68H48Br2Cl3F12N5O19S. The van der Waals surface area contributed by atoms with Crippen molar-refractivity contribution in [3.05, 3.63) is 141 Å². The van der Waals surface area contributed by atoms with Crippen molar-refractivity contribution in [2.24, 2.45) is 0 Å². The standard InChI is InChI=1S/C12H9F2NO4.C11H7ClF2O3.C11H7F2NO2.C11H8F2O4.C9H5F2NO2.C7H3BrF2O2.C4H5NO.C3H4BrN.Cl2OS/c1-2-17-11(16)8(6-15)7-3-4-9-10(5-7)19-12(13,14)18-9;12-9(15)10(3-4-10)6-1-2-7-8(5-6)17-11(13,14)16-7;12-11(13)15-8-2-1-7(5-9(8)16-11)10(6-14)3-4-10;12-11(13)16-7-2-1-6(5-8(7)17-11)10(3-4-10)9(14)15;10-9(11)13-7-2-1-6(3-4-12)5-8(7)14-9;8-4-1-2-5-6(3-4)12-7(9,10)11-5;1-4(6)2-3-5;4-2-1-3-5;1-4(2)3/h3-5,8H,2H2,1H3;1-2,5H,3-4H2;1-2,5H,3-4H2;1-2,5H,3-4H2,(H,14,15);1-2,5H,3H2;1-3H;2H2,1H3;1-2H2;. The van der Waals surface area contributed by atoms with Crippen molar-refractivity contribution in [2.75, 3.05) is 11.9 Å². The number of carbonyl (C=O) groups is 4. The van der Waals surface area contributed by atoms with Crippen molar-refractivity contribution in [3.63, 3.8) is 0 Å². The maximum Gasteiger partial charge on any atom is 0.586 e. The van der Waals surface area contributed by atoms with Gasteiger partial charge in [0.15, 0.2) is 74.9 Å². The van der Waals surface area contributed by atoms with Crippen molar-refractivity contribution in [1.82, 2.24) is 0 Å². The lowest BCUT2D eigenvalue weighted by molar-refractivity contribution is -0.287. The molecular weight excluding hydrogens is 1720 g/mol. The number of carboxylic acids is 1. The van der Waals surface area contributed by atoms with Gasteiger partial charge in [0.25, 0.3) is 0 Å². The second-order valence-electron chi connectivity index (χ2n) is 23.0. The van der Waals surface area contributed by atoms with Crippen molar-refractivity contribution >= 4 is 97.0 Å². The molecule has 584 valence electrons. The molecule has 0 amide bonds. The van der Waals surface area contributed by atoms with Gasteiger partial charge >= 0.3 is 49.7 Å². The van der Waals surface area contributed by atoms with Crippen LogP contribution in [0.5, 0.6) is 69.0 Å². The molecule has 0 saturated heterocycles. The van der Waals surface area contributed by atoms with Crippen LogP contribution in [0, 0.1) is 56.7 Å². The maximum atomic E-state index is 12.8. The number of esters is 1. The summed E-state index contributed by atoms with van der Waals surface area (Å²) >= 11 is 11.7. The Morgan fingerprint density at radius 1 is 0.509 bits per heavy atom. The number of carboxylic acid groups (broad SMARTS) is 1. The van der Waals surface area contributed by atoms with Gasteiger partial charge < -0.3 is 66.7 Å². The van der Waals surface area contributed by atoms with Gasteiger partial charge in [-0.05, 0) is 171 Å². The highest BCUT2D eigenvalue weighted by atomic mass is 79.9. The normalized spacial score (nSPS) is 18.0. The summed E-state index contributed by atoms with van der Waals surface area (Å²) in [6.07, 6.45) is -17.1. The minimum absolute atomic E-state index is 0.00307. The van der Waals surface area contributed by atoms with E-state index in [9.17, 15) is 71.9 Å². The Labute approximate surface area is 646 Å². The number of fused-ring (bicyclic) bond motifs is 6. The molecule has 6 aliphatic heterocycles. The lowest BCUT2D eigenvalue weighted by Gasteiger charge is -2.10. The van der Waals surface area contributed by atoms with Gasteiger partial charge in [-0.2, -0.15) is 26.3 Å². The van der Waals surface area contributed by atoms with Gasteiger partial charge in [-0.1, -0.05) is 62.2 Å². The van der Waals surface area contributed by atoms with Crippen molar-refractivity contribution in [3.8, 4) is 99.3 Å². The van der Waals surface area contributed by atoms with E-state index >= 15 is 0 Å². The van der Waals surface area contributed by atoms with Crippen molar-refractivity contribution in [1.29, 1.82) is 26.3 Å². The number of alkyl halides is 13. The Morgan fingerprint density at radius 2 is 0.864 bits per heavy atom. The molecule has 3 fully saturated rings. The van der Waals surface area contributed by atoms with E-state index < -0.39 is 86.3 Å². The summed E-state index contributed by atoms with van der Waals surface area (Å²) in [7, 11) is 7.36. The van der Waals surface area contributed by atoms with Crippen molar-refractivity contribution < 1.29 is 143 Å². The van der Waals surface area contributed by atoms with Crippen LogP contribution in [0.15, 0.2) is 114 Å². The van der Waals surface area contributed by atoms with Crippen LogP contribution in [0.2, 0.25) is 0 Å². The van der Waals surface area contributed by atoms with E-state index in [1.54, 1.807) is 43.3 Å². The number of halogens is 17. The zero-order valence-electron chi connectivity index (χ0n) is 55.6. The molecule has 42 heteroatoms. The van der Waals surface area contributed by atoms with Gasteiger partial charge in [0.2, 0.25) is 14.5 Å². The molecule has 1 unspecified atom stereocenters. The Bertz CT molecular complexity index is 4610. The first kappa shape index (κ1) is 87.0. The smallest absolute Gasteiger partial charge is 0.481 e. The monoisotopic (exact) mass is 1760 g/mol. The quantitative estimate of drug-likeness (QED) is 0.0545. The number of rotatable bonds is 11. The lowest BCUT2D eigenvalue weighted by Crippen LogP contribution is -2.26. The van der Waals surface area contributed by atoms with Crippen LogP contribution in [0.4, 0.5) is 52.7 Å². The summed E-state index contributed by atoms with van der Waals surface area (Å²) in [5.74, 6) is -3.47. The second-order valence-corrected chi connectivity index (χ2v) is 27.5. The number of nitriles is 5. The molecule has 3 saturated carbocycles. The molecule has 1 N–H and O–H groups in total. The first-order valence-corrected chi connectivity index (χ1v) is 35.9. The third-order valence-electron chi connectivity index (χ3n) is 15.2. The summed E-state index contributed by atoms with van der Waals surface area (Å²) in [4.78, 5) is 43.8. The topological polar surface area (TPSA) is 345 Å². The number of nitrogens with zero attached hydrogens (tertiary/aromatic N) is 5. The van der Waals surface area contributed by atoms with Crippen LogP contribution in [0.25, 0.3) is 0 Å². The van der Waals surface area contributed by atoms with Crippen LogP contribution >= 0.6 is 64.8 Å². The first-order chi connectivity index (χ1) is 51.5. The molecule has 6 aromatic carbocycles. The Balaban J connectivity index is 0.000000177. The van der Waals surface area contributed by atoms with E-state index in [1.165, 1.54) is 91.9 Å². The lowest BCUT2D eigenvalue weighted by atomic mass is 9.96. The van der Waals surface area contributed by atoms with Gasteiger partial charge in [0, 0.05) is 37.6 Å². The zero-order valence-corrected chi connectivity index (χ0v) is 61.9. The maximum absolute atomic E-state index is 12.8. The Kier molecular flexibility index (Phi) is 28.2. The SMILES string of the molecule is CC(=O)CC#N.CCOC(=O)C(C#N)c1ccc2c(c1)OC(F)(F)O2.FC1(F)Oc2ccc(Br)cc2O1.N#CC1(c2ccc3c(c2)OC(F)(F)O3)CC1.N#CCCBr.N#CCc1ccc2c(c1)OC(F)(F)O2.O=C(Cl)C1(c2ccc3c(c2)OC(F)(F)O3)CC1.O=C(O)C1(c2ccc3c(c2)OC(F)(F)O3)CC1.O=S(Cl)Cl. The number of aliphatic carboxylic acids is 1. The van der Waals surface area contributed by atoms with Gasteiger partial charge in [-0.3, -0.25) is 19.2 Å². The van der Waals surface area contributed by atoms with E-state index in [0.717, 1.165) is 23.7 Å². The van der Waals surface area contributed by atoms with E-state index in [0.29, 0.717) is 53.3 Å². The average Bonchev–Trinajstić information content (AvgIpc) is 1.60. The Morgan fingerprint density at radius 3 is 1.18 bits per heavy atom. The Hall–Kier alpha value is -10.2. The molecule has 0 aromatic heterocycles. The van der Waals surface area contributed by atoms with E-state index in [2.05, 4.69) is 116 Å². The summed E-state index contributed by atoms with van der Waals surface area (Å²) < 4.78 is 218. The second kappa shape index (κ2) is 35.6. The molecule has 15 rings (SSSR count). The molecule has 3 aliphatic carbocycles. The van der Waals surface area contributed by atoms with Crippen LogP contribution in [0.3, 0.4) is 0 Å². The number of ether oxygens (including phenoxy) is 13. The highest BCUT2D eigenvalue weighted by Crippen LogP contribution is 2.55. The third-order valence-corrected chi connectivity index (χ3v) is 16.4. The fourth-order valence-electron chi connectivity index (χ4n) is 9.71. The fraction of sp³-hybridized carbons (Fsp3) is 0.338. The highest BCUT2D eigenvalue weighted by Gasteiger charge is 2.55. The van der Waals surface area contributed by atoms with Gasteiger partial charge in [-0.25, -0.2) is 4.21 Å². The van der Waals surface area contributed by atoms with E-state index in [-0.39, 0.29) is 99.8 Å². The van der Waals surface area contributed by atoms with Crippen LogP contribution in [-0.4, -0.2) is 82.0 Å². The predicted octanol–water partition coefficient (Wildman–Crippen LogP) is 17.3. The third kappa shape index (κ3) is 23.7. The van der Waals surface area contributed by atoms with E-state index in [1.807, 2.05) is 12.1 Å². The highest BCUT2D eigenvalue weighted by molar-refractivity contribution is 9.10. The number of hydrogen-bond acceptors (Lipinski definition) is 23. The summed E-state index contributed by atoms with van der Waals surface area (Å²) in [6.45, 7) is 3.12. The fourth-order valence-corrected chi connectivity index (χ4v) is 10.5. The summed E-state index contributed by atoms with van der Waals surface area (Å²) in [6, 6.07) is 35.0. The average molecular weight is 1770 g/mol. The minimum Gasteiger partial charge on any atom is -0.481 e. The largest absolute Gasteiger partial charge is 0.586 e. The number of benzene rings is 6. The molecule has 6 aromatic rings. The molecule has 0 spiro atoms. The van der Waals surface area contributed by atoms with Crippen LogP contribution < -0.4 is 56.8 Å². The minimum atomic E-state index is -3.73. The van der Waals surface area contributed by atoms with Gasteiger partial charge in [-0.15, -0.1) is 52.7 Å². The molecule has 1 atom stereocenters. The molecule has 0 bridgehead atoms. The molecule has 0 radical (unpaired) electrons. The van der Waals surface area contributed by atoms with Crippen LogP contribution in [-0.2, 0) is 55.8 Å². The summed E-state index contributed by atoms with van der Waals surface area (Å²) in [5.41, 5.74) is 0.455. The first-order valence-electron chi connectivity index (χ1n) is 30.8. The number of hydrogen-bond donors (Lipinski definition) is 1. The molecule has 9 aliphatic rings. The van der Waals surface area contributed by atoms with Crippen molar-refractivity contribution in [2.45, 2.75) is 132 Å². The number of Topliss-reactive ketones (excluding diaryl/α,β-unsaturated/α-hetero) is 1. The predicted molar refractivity (Wildman–Crippen MR) is 360 cm³/mol. The molecule has 24 nitrogen and oxygen atoms in total. The summed E-state index contributed by atoms with van der Waals surface area (Å²) in [5, 5.41) is 51.3. The van der Waals surface area contributed by atoms with Crippen LogP contribution in [0.1, 0.15) is 98.9 Å². The van der Waals surface area contributed by atoms with Gasteiger partial charge in [0.1, 0.15) is 5.78 Å². The zero-order chi connectivity index (χ0) is 81.6. The molecule has 110 heavy (non-hydrogen) atoms. The van der Waals surface area contributed by atoms with E-state index in [4.69, 9.17) is 52.0 Å². The molecule has 6 heterocycles.